The largest absolute Gasteiger partial charge is 0.372 e. The van der Waals surface area contributed by atoms with Crippen LogP contribution in [0.4, 0.5) is 11.4 Å². The topological polar surface area (TPSA) is 40.6 Å². The van der Waals surface area contributed by atoms with E-state index in [0.29, 0.717) is 26.9 Å². The Morgan fingerprint density at radius 2 is 1.50 bits per heavy atom. The van der Waals surface area contributed by atoms with Crippen LogP contribution < -0.4 is 9.80 Å². The van der Waals surface area contributed by atoms with Crippen LogP contribution in [0.5, 0.6) is 0 Å². The van der Waals surface area contributed by atoms with Crippen LogP contribution in [0, 0.1) is 0 Å². The van der Waals surface area contributed by atoms with Crippen molar-refractivity contribution in [1.82, 2.24) is 0 Å². The SMILES string of the molecule is CCSC1=C(c2ccc(Cl)cc2)C(=O)N(c2ccc(N3CCCC3)cc2)C1=O. The Hall–Kier alpha value is -2.24. The van der Waals surface area contributed by atoms with Crippen molar-refractivity contribution in [2.75, 3.05) is 28.6 Å². The summed E-state index contributed by atoms with van der Waals surface area (Å²) in [7, 11) is 0. The van der Waals surface area contributed by atoms with Gasteiger partial charge >= 0.3 is 0 Å². The molecule has 6 heteroatoms. The molecule has 0 spiro atoms. The molecule has 2 aliphatic heterocycles. The van der Waals surface area contributed by atoms with Gasteiger partial charge in [0.05, 0.1) is 16.2 Å². The smallest absolute Gasteiger partial charge is 0.272 e. The molecule has 2 heterocycles. The molecule has 2 aromatic carbocycles. The lowest BCUT2D eigenvalue weighted by Gasteiger charge is -2.20. The summed E-state index contributed by atoms with van der Waals surface area (Å²) in [5, 5.41) is 0.597. The first-order chi connectivity index (χ1) is 13.6. The number of nitrogens with zero attached hydrogens (tertiary/aromatic N) is 2. The van der Waals surface area contributed by atoms with E-state index >= 15 is 0 Å². The maximum Gasteiger partial charge on any atom is 0.272 e. The van der Waals surface area contributed by atoms with Crippen molar-refractivity contribution < 1.29 is 9.59 Å². The Morgan fingerprint density at radius 3 is 2.11 bits per heavy atom. The fourth-order valence-corrected chi connectivity index (χ4v) is 4.66. The standard InChI is InChI=1S/C22H21ClN2O2S/c1-2-28-20-19(15-5-7-16(23)8-6-15)21(26)25(22(20)27)18-11-9-17(10-12-18)24-13-3-4-14-24/h5-12H,2-4,13-14H2,1H3. The summed E-state index contributed by atoms with van der Waals surface area (Å²) in [6, 6.07) is 14.8. The second-order valence-corrected chi connectivity index (χ2v) is 8.51. The highest BCUT2D eigenvalue weighted by atomic mass is 35.5. The monoisotopic (exact) mass is 412 g/mol. The number of carbonyl (C=O) groups is 2. The molecule has 4 nitrogen and oxygen atoms in total. The highest BCUT2D eigenvalue weighted by molar-refractivity contribution is 8.04. The van der Waals surface area contributed by atoms with Crippen LogP contribution in [0.15, 0.2) is 53.4 Å². The molecule has 0 aliphatic carbocycles. The zero-order valence-corrected chi connectivity index (χ0v) is 17.2. The number of hydrogen-bond acceptors (Lipinski definition) is 4. The van der Waals surface area contributed by atoms with Gasteiger partial charge in [0, 0.05) is 23.8 Å². The highest BCUT2D eigenvalue weighted by Gasteiger charge is 2.40. The Balaban J connectivity index is 1.67. The fourth-order valence-electron chi connectivity index (χ4n) is 3.68. The molecule has 144 valence electrons. The van der Waals surface area contributed by atoms with Crippen LogP contribution in [0.2, 0.25) is 5.02 Å². The minimum Gasteiger partial charge on any atom is -0.372 e. The first-order valence-electron chi connectivity index (χ1n) is 9.47. The molecular weight excluding hydrogens is 392 g/mol. The van der Waals surface area contributed by atoms with Gasteiger partial charge in [-0.25, -0.2) is 4.90 Å². The van der Waals surface area contributed by atoms with E-state index in [-0.39, 0.29) is 11.8 Å². The summed E-state index contributed by atoms with van der Waals surface area (Å²) < 4.78 is 0. The molecule has 0 radical (unpaired) electrons. The minimum absolute atomic E-state index is 0.254. The van der Waals surface area contributed by atoms with Gasteiger partial charge in [-0.05, 0) is 60.6 Å². The van der Waals surface area contributed by atoms with E-state index in [1.54, 1.807) is 24.3 Å². The third-order valence-electron chi connectivity index (χ3n) is 5.04. The third-order valence-corrected chi connectivity index (χ3v) is 6.25. The van der Waals surface area contributed by atoms with Crippen molar-refractivity contribution in [3.8, 4) is 0 Å². The number of amides is 2. The molecule has 0 atom stereocenters. The first-order valence-corrected chi connectivity index (χ1v) is 10.8. The van der Waals surface area contributed by atoms with Gasteiger partial charge < -0.3 is 4.90 Å². The van der Waals surface area contributed by atoms with Crippen LogP contribution in [0.3, 0.4) is 0 Å². The Bertz CT molecular complexity index is 932. The van der Waals surface area contributed by atoms with E-state index in [2.05, 4.69) is 4.90 Å². The predicted molar refractivity (Wildman–Crippen MR) is 117 cm³/mol. The first kappa shape index (κ1) is 19.1. The van der Waals surface area contributed by atoms with Gasteiger partial charge in [-0.2, -0.15) is 0 Å². The molecule has 0 aromatic heterocycles. The molecule has 2 aromatic rings. The second kappa shape index (κ2) is 8.02. The number of carbonyl (C=O) groups excluding carboxylic acids is 2. The zero-order valence-electron chi connectivity index (χ0n) is 15.7. The maximum absolute atomic E-state index is 13.2. The molecule has 4 rings (SSSR count). The second-order valence-electron chi connectivity index (χ2n) is 6.80. The molecule has 1 saturated heterocycles. The molecule has 1 fully saturated rings. The van der Waals surface area contributed by atoms with Crippen LogP contribution >= 0.6 is 23.4 Å². The van der Waals surface area contributed by atoms with Gasteiger partial charge in [-0.3, -0.25) is 9.59 Å². The van der Waals surface area contributed by atoms with E-state index in [9.17, 15) is 9.59 Å². The lowest BCUT2D eigenvalue weighted by Crippen LogP contribution is -2.31. The van der Waals surface area contributed by atoms with Crippen molar-refractivity contribution in [3.63, 3.8) is 0 Å². The quantitative estimate of drug-likeness (QED) is 0.649. The van der Waals surface area contributed by atoms with Crippen LogP contribution in [-0.2, 0) is 9.59 Å². The summed E-state index contributed by atoms with van der Waals surface area (Å²) in [5.41, 5.74) is 2.91. The molecule has 0 saturated carbocycles. The highest BCUT2D eigenvalue weighted by Crippen LogP contribution is 2.39. The van der Waals surface area contributed by atoms with E-state index in [1.165, 1.54) is 29.5 Å². The van der Waals surface area contributed by atoms with E-state index in [4.69, 9.17) is 11.6 Å². The van der Waals surface area contributed by atoms with E-state index < -0.39 is 0 Å². The summed E-state index contributed by atoms with van der Waals surface area (Å²) in [4.78, 5) is 30.4. The Kier molecular flexibility index (Phi) is 5.47. The maximum atomic E-state index is 13.2. The number of anilines is 2. The van der Waals surface area contributed by atoms with Crippen molar-refractivity contribution in [3.05, 3.63) is 64.0 Å². The lowest BCUT2D eigenvalue weighted by molar-refractivity contribution is -0.119. The number of rotatable bonds is 5. The van der Waals surface area contributed by atoms with E-state index in [0.717, 1.165) is 24.3 Å². The number of thioether (sulfide) groups is 1. The molecule has 28 heavy (non-hydrogen) atoms. The van der Waals surface area contributed by atoms with Crippen molar-refractivity contribution in [2.45, 2.75) is 19.8 Å². The average Bonchev–Trinajstić information content (AvgIpc) is 3.31. The Labute approximate surface area is 174 Å². The predicted octanol–water partition coefficient (Wildman–Crippen LogP) is 4.98. The van der Waals surface area contributed by atoms with Gasteiger partial charge in [0.25, 0.3) is 11.8 Å². The normalized spacial score (nSPS) is 17.2. The average molecular weight is 413 g/mol. The molecule has 0 bridgehead atoms. The number of hydrogen-bond donors (Lipinski definition) is 0. The number of halogens is 1. The van der Waals surface area contributed by atoms with Crippen LogP contribution in [0.1, 0.15) is 25.3 Å². The number of benzene rings is 2. The fraction of sp³-hybridized carbons (Fsp3) is 0.273. The number of imide groups is 1. The van der Waals surface area contributed by atoms with Gasteiger partial charge in [-0.15, -0.1) is 11.8 Å². The Morgan fingerprint density at radius 1 is 0.893 bits per heavy atom. The molecule has 2 aliphatic rings. The summed E-state index contributed by atoms with van der Waals surface area (Å²) >= 11 is 7.39. The molecular formula is C22H21ClN2O2S. The third kappa shape index (κ3) is 3.45. The molecule has 0 N–H and O–H groups in total. The summed E-state index contributed by atoms with van der Waals surface area (Å²) in [5.74, 6) is 0.181. The summed E-state index contributed by atoms with van der Waals surface area (Å²) in [6.45, 7) is 4.09. The summed E-state index contributed by atoms with van der Waals surface area (Å²) in [6.07, 6.45) is 2.41. The van der Waals surface area contributed by atoms with Crippen LogP contribution in [0.25, 0.3) is 5.57 Å². The van der Waals surface area contributed by atoms with Crippen molar-refractivity contribution in [1.29, 1.82) is 0 Å². The minimum atomic E-state index is -0.280. The zero-order chi connectivity index (χ0) is 19.7. The molecule has 2 amide bonds. The van der Waals surface area contributed by atoms with Gasteiger partial charge in [0.1, 0.15) is 0 Å². The molecule has 0 unspecified atom stereocenters. The van der Waals surface area contributed by atoms with E-state index in [1.807, 2.05) is 31.2 Å². The van der Waals surface area contributed by atoms with Crippen molar-refractivity contribution >= 4 is 52.1 Å². The van der Waals surface area contributed by atoms with Gasteiger partial charge in [0.15, 0.2) is 0 Å². The van der Waals surface area contributed by atoms with Gasteiger partial charge in [0.2, 0.25) is 0 Å². The van der Waals surface area contributed by atoms with Crippen LogP contribution in [-0.4, -0.2) is 30.7 Å². The van der Waals surface area contributed by atoms with Crippen molar-refractivity contribution in [2.24, 2.45) is 0 Å². The van der Waals surface area contributed by atoms with Gasteiger partial charge in [-0.1, -0.05) is 30.7 Å². The lowest BCUT2D eigenvalue weighted by atomic mass is 10.1.